The van der Waals surface area contributed by atoms with Crippen LogP contribution in [0.5, 0.6) is 0 Å². The molecule has 2 aliphatic heterocycles. The van der Waals surface area contributed by atoms with E-state index in [2.05, 4.69) is 15.6 Å². The van der Waals surface area contributed by atoms with Gasteiger partial charge in [-0.05, 0) is 64.1 Å². The molecule has 2 amide bonds. The second-order valence-electron chi connectivity index (χ2n) is 8.88. The van der Waals surface area contributed by atoms with Gasteiger partial charge in [-0.1, -0.05) is 6.07 Å². The SMILES string of the molecule is CN[C@@H](C)C(=O)NC(C(=O)N1CCC[C@H]1c1nc(-c2ncccc2C)cs1)C1CCOCC1. The molecule has 9 heteroatoms. The van der Waals surface area contributed by atoms with Crippen LogP contribution >= 0.6 is 11.3 Å². The van der Waals surface area contributed by atoms with Crippen molar-refractivity contribution >= 4 is 23.2 Å². The van der Waals surface area contributed by atoms with Gasteiger partial charge in [-0.2, -0.15) is 0 Å². The fraction of sp³-hybridized carbons (Fsp3) is 0.583. The van der Waals surface area contributed by atoms with Gasteiger partial charge in [0.25, 0.3) is 0 Å². The molecule has 4 rings (SSSR count). The van der Waals surface area contributed by atoms with Crippen LogP contribution in [0.1, 0.15) is 49.2 Å². The molecule has 2 aliphatic rings. The molecule has 0 bridgehead atoms. The zero-order valence-electron chi connectivity index (χ0n) is 19.5. The summed E-state index contributed by atoms with van der Waals surface area (Å²) in [5, 5.41) is 8.97. The molecule has 0 spiro atoms. The van der Waals surface area contributed by atoms with E-state index in [1.165, 1.54) is 0 Å². The highest BCUT2D eigenvalue weighted by atomic mass is 32.1. The number of likely N-dealkylation sites (tertiary alicyclic amines) is 1. The molecule has 2 aromatic rings. The van der Waals surface area contributed by atoms with E-state index in [-0.39, 0.29) is 29.8 Å². The Balaban J connectivity index is 1.56. The Labute approximate surface area is 199 Å². The minimum Gasteiger partial charge on any atom is -0.381 e. The number of likely N-dealkylation sites (N-methyl/N-ethyl adjacent to an activating group) is 1. The van der Waals surface area contributed by atoms with Crippen molar-refractivity contribution in [2.45, 2.75) is 57.7 Å². The van der Waals surface area contributed by atoms with E-state index in [1.807, 2.05) is 29.3 Å². The minimum atomic E-state index is -0.546. The molecule has 8 nitrogen and oxygen atoms in total. The molecule has 0 aliphatic carbocycles. The standard InChI is InChI=1S/C24H33N5O3S/c1-15-6-4-10-26-20(15)18-14-33-23(27-18)19-7-5-11-29(19)24(31)21(17-8-12-32-13-9-17)28-22(30)16(2)25-3/h4,6,10,14,16-17,19,21,25H,5,7-9,11-13H2,1-3H3,(H,28,30)/t16-,19-,21?/m0/s1. The summed E-state index contributed by atoms with van der Waals surface area (Å²) >= 11 is 1.58. The normalized spacial score (nSPS) is 21.1. The van der Waals surface area contributed by atoms with Gasteiger partial charge in [0.2, 0.25) is 11.8 Å². The summed E-state index contributed by atoms with van der Waals surface area (Å²) in [5.41, 5.74) is 2.81. The van der Waals surface area contributed by atoms with Gasteiger partial charge < -0.3 is 20.3 Å². The molecule has 0 saturated carbocycles. The first-order chi connectivity index (χ1) is 16.0. The Morgan fingerprint density at radius 2 is 2.06 bits per heavy atom. The van der Waals surface area contributed by atoms with Crippen molar-refractivity contribution in [2.75, 3.05) is 26.8 Å². The Hall–Kier alpha value is -2.36. The summed E-state index contributed by atoms with van der Waals surface area (Å²) in [6, 6.07) is 2.97. The van der Waals surface area contributed by atoms with Gasteiger partial charge in [-0.25, -0.2) is 4.98 Å². The van der Waals surface area contributed by atoms with Gasteiger partial charge in [-0.3, -0.25) is 14.6 Å². The largest absolute Gasteiger partial charge is 0.381 e. The summed E-state index contributed by atoms with van der Waals surface area (Å²) in [5.74, 6) is -0.0874. The van der Waals surface area contributed by atoms with Gasteiger partial charge >= 0.3 is 0 Å². The smallest absolute Gasteiger partial charge is 0.246 e. The number of carbonyl (C=O) groups is 2. The predicted octanol–water partition coefficient (Wildman–Crippen LogP) is 2.70. The summed E-state index contributed by atoms with van der Waals surface area (Å²) < 4.78 is 5.51. The van der Waals surface area contributed by atoms with E-state index in [9.17, 15) is 9.59 Å². The lowest BCUT2D eigenvalue weighted by Gasteiger charge is -2.35. The highest BCUT2D eigenvalue weighted by Crippen LogP contribution is 2.37. The van der Waals surface area contributed by atoms with Crippen molar-refractivity contribution in [1.82, 2.24) is 25.5 Å². The van der Waals surface area contributed by atoms with Gasteiger partial charge in [0, 0.05) is 31.3 Å². The topological polar surface area (TPSA) is 96.5 Å². The number of nitrogens with one attached hydrogen (secondary N) is 2. The van der Waals surface area contributed by atoms with Crippen molar-refractivity contribution in [1.29, 1.82) is 0 Å². The lowest BCUT2D eigenvalue weighted by atomic mass is 9.90. The van der Waals surface area contributed by atoms with E-state index in [4.69, 9.17) is 9.72 Å². The molecular weight excluding hydrogens is 438 g/mol. The third-order valence-corrected chi connectivity index (χ3v) is 7.67. The Bertz CT molecular complexity index is 975. The fourth-order valence-electron chi connectivity index (χ4n) is 4.61. The lowest BCUT2D eigenvalue weighted by molar-refractivity contribution is -0.140. The maximum Gasteiger partial charge on any atom is 0.246 e. The Morgan fingerprint density at radius 3 is 2.79 bits per heavy atom. The highest BCUT2D eigenvalue weighted by Gasteiger charge is 2.40. The number of hydrogen-bond acceptors (Lipinski definition) is 7. The molecule has 33 heavy (non-hydrogen) atoms. The van der Waals surface area contributed by atoms with E-state index in [1.54, 1.807) is 31.5 Å². The summed E-state index contributed by atoms with van der Waals surface area (Å²) in [6.45, 7) is 5.75. The molecule has 0 radical (unpaired) electrons. The Morgan fingerprint density at radius 1 is 1.27 bits per heavy atom. The van der Waals surface area contributed by atoms with Crippen LogP contribution in [0.4, 0.5) is 0 Å². The van der Waals surface area contributed by atoms with Crippen molar-refractivity contribution in [3.8, 4) is 11.4 Å². The quantitative estimate of drug-likeness (QED) is 0.645. The summed E-state index contributed by atoms with van der Waals surface area (Å²) in [4.78, 5) is 37.8. The maximum absolute atomic E-state index is 13.8. The molecule has 0 aromatic carbocycles. The predicted molar refractivity (Wildman–Crippen MR) is 128 cm³/mol. The summed E-state index contributed by atoms with van der Waals surface area (Å²) in [6.07, 6.45) is 5.11. The van der Waals surface area contributed by atoms with E-state index in [0.29, 0.717) is 19.8 Å². The van der Waals surface area contributed by atoms with E-state index < -0.39 is 6.04 Å². The number of pyridine rings is 1. The van der Waals surface area contributed by atoms with Gasteiger partial charge in [0.15, 0.2) is 0 Å². The third-order valence-electron chi connectivity index (χ3n) is 6.72. The second-order valence-corrected chi connectivity index (χ2v) is 9.77. The average Bonchev–Trinajstić information content (AvgIpc) is 3.52. The minimum absolute atomic E-state index is 0.00757. The molecule has 2 fully saturated rings. The number of rotatable bonds is 7. The zero-order valence-corrected chi connectivity index (χ0v) is 20.4. The first kappa shape index (κ1) is 23.8. The average molecular weight is 472 g/mol. The van der Waals surface area contributed by atoms with Gasteiger partial charge in [0.05, 0.1) is 17.8 Å². The second kappa shape index (κ2) is 10.7. The molecule has 178 valence electrons. The van der Waals surface area contributed by atoms with Crippen molar-refractivity contribution in [2.24, 2.45) is 5.92 Å². The van der Waals surface area contributed by atoms with Gasteiger partial charge in [0.1, 0.15) is 16.7 Å². The van der Waals surface area contributed by atoms with Gasteiger partial charge in [-0.15, -0.1) is 11.3 Å². The monoisotopic (exact) mass is 471 g/mol. The Kier molecular flexibility index (Phi) is 7.72. The first-order valence-electron chi connectivity index (χ1n) is 11.7. The lowest BCUT2D eigenvalue weighted by Crippen LogP contribution is -2.56. The van der Waals surface area contributed by atoms with Crippen LogP contribution in [0.25, 0.3) is 11.4 Å². The molecule has 1 unspecified atom stereocenters. The molecule has 4 heterocycles. The van der Waals surface area contributed by atoms with Crippen molar-refractivity contribution < 1.29 is 14.3 Å². The number of carbonyl (C=O) groups excluding carboxylic acids is 2. The number of hydrogen-bond donors (Lipinski definition) is 2. The molecule has 2 aromatic heterocycles. The number of thiazole rings is 1. The number of aromatic nitrogens is 2. The number of ether oxygens (including phenoxy) is 1. The first-order valence-corrected chi connectivity index (χ1v) is 12.6. The van der Waals surface area contributed by atoms with Crippen LogP contribution in [0, 0.1) is 12.8 Å². The third kappa shape index (κ3) is 5.26. The number of amides is 2. The maximum atomic E-state index is 13.8. The molecule has 2 saturated heterocycles. The zero-order chi connectivity index (χ0) is 23.4. The summed E-state index contributed by atoms with van der Waals surface area (Å²) in [7, 11) is 1.75. The van der Waals surface area contributed by atoms with Crippen LogP contribution in [0.2, 0.25) is 0 Å². The van der Waals surface area contributed by atoms with Crippen LogP contribution in [0.3, 0.4) is 0 Å². The molecular formula is C24H33N5O3S. The number of nitrogens with zero attached hydrogens (tertiary/aromatic N) is 3. The van der Waals surface area contributed by atoms with Crippen LogP contribution in [-0.4, -0.2) is 65.6 Å². The highest BCUT2D eigenvalue weighted by molar-refractivity contribution is 7.10. The van der Waals surface area contributed by atoms with Crippen LogP contribution < -0.4 is 10.6 Å². The van der Waals surface area contributed by atoms with Crippen LogP contribution in [-0.2, 0) is 14.3 Å². The molecule has 3 atom stereocenters. The van der Waals surface area contributed by atoms with E-state index >= 15 is 0 Å². The van der Waals surface area contributed by atoms with Crippen molar-refractivity contribution in [3.63, 3.8) is 0 Å². The molecule has 2 N–H and O–H groups in total. The fourth-order valence-corrected chi connectivity index (χ4v) is 5.56. The van der Waals surface area contributed by atoms with Crippen molar-refractivity contribution in [3.05, 3.63) is 34.3 Å². The van der Waals surface area contributed by atoms with E-state index in [0.717, 1.165) is 47.6 Å². The number of aryl methyl sites for hydroxylation is 1. The van der Waals surface area contributed by atoms with Crippen LogP contribution in [0.15, 0.2) is 23.7 Å².